The Morgan fingerprint density at radius 3 is 2.80 bits per heavy atom. The quantitative estimate of drug-likeness (QED) is 0.465. The zero-order valence-electron chi connectivity index (χ0n) is 16.2. The first-order valence-corrected chi connectivity index (χ1v) is 9.47. The minimum Gasteiger partial charge on any atom is -0.383 e. The second-order valence-corrected chi connectivity index (χ2v) is 6.72. The lowest BCUT2D eigenvalue weighted by Crippen LogP contribution is -2.06. The maximum atomic E-state index is 14.3. The van der Waals surface area contributed by atoms with Crippen LogP contribution in [-0.4, -0.2) is 40.2 Å². The van der Waals surface area contributed by atoms with Crippen LogP contribution in [0.15, 0.2) is 36.7 Å². The summed E-state index contributed by atoms with van der Waals surface area (Å²) in [6.45, 7) is 2.91. The van der Waals surface area contributed by atoms with Gasteiger partial charge in [0.2, 0.25) is 0 Å². The number of rotatable bonds is 7. The Morgan fingerprint density at radius 2 is 1.97 bits per heavy atom. The number of unbranched alkanes of at least 4 members (excludes halogenated alkanes) is 2. The Bertz CT molecular complexity index is 1170. The van der Waals surface area contributed by atoms with E-state index in [2.05, 4.69) is 37.7 Å². The largest absolute Gasteiger partial charge is 0.383 e. The van der Waals surface area contributed by atoms with Crippen LogP contribution in [0, 0.1) is 11.6 Å². The first kappa shape index (κ1) is 19.6. The topological polar surface area (TPSA) is 113 Å². The molecule has 0 atom stereocenters. The number of hydrogen-bond donors (Lipinski definition) is 1. The summed E-state index contributed by atoms with van der Waals surface area (Å²) in [5, 5.41) is 19.6. The molecule has 0 bridgehead atoms. The molecule has 3 heterocycles. The molecule has 154 valence electrons. The fourth-order valence-corrected chi connectivity index (χ4v) is 3.03. The molecule has 0 spiro atoms. The van der Waals surface area contributed by atoms with Gasteiger partial charge in [-0.1, -0.05) is 31.0 Å². The molecule has 4 rings (SSSR count). The Labute approximate surface area is 170 Å². The van der Waals surface area contributed by atoms with Gasteiger partial charge in [-0.25, -0.2) is 13.8 Å². The molecule has 0 aliphatic rings. The van der Waals surface area contributed by atoms with Crippen LogP contribution in [0.2, 0.25) is 0 Å². The lowest BCUT2D eigenvalue weighted by atomic mass is 10.1. The highest BCUT2D eigenvalue weighted by atomic mass is 19.2. The van der Waals surface area contributed by atoms with E-state index in [-0.39, 0.29) is 17.3 Å². The summed E-state index contributed by atoms with van der Waals surface area (Å²) >= 11 is 0. The molecular formula is C19H19F2N9. The highest BCUT2D eigenvalue weighted by Gasteiger charge is 2.20. The van der Waals surface area contributed by atoms with Crippen LogP contribution in [0.25, 0.3) is 28.3 Å². The summed E-state index contributed by atoms with van der Waals surface area (Å²) in [4.78, 5) is 4.19. The number of anilines is 1. The van der Waals surface area contributed by atoms with Crippen LogP contribution < -0.4 is 5.73 Å². The normalized spacial score (nSPS) is 11.2. The second kappa shape index (κ2) is 8.31. The van der Waals surface area contributed by atoms with Crippen molar-refractivity contribution in [3.05, 3.63) is 48.3 Å². The Kier molecular flexibility index (Phi) is 5.42. The molecule has 0 amide bonds. The van der Waals surface area contributed by atoms with E-state index in [9.17, 15) is 8.78 Å². The van der Waals surface area contributed by atoms with E-state index < -0.39 is 11.6 Å². The van der Waals surface area contributed by atoms with Gasteiger partial charge in [0, 0.05) is 18.3 Å². The van der Waals surface area contributed by atoms with Gasteiger partial charge in [-0.3, -0.25) is 4.68 Å². The predicted molar refractivity (Wildman–Crippen MR) is 105 cm³/mol. The Morgan fingerprint density at radius 1 is 1.10 bits per heavy atom. The number of tetrazole rings is 1. The van der Waals surface area contributed by atoms with E-state index in [0.717, 1.165) is 36.6 Å². The molecule has 11 heteroatoms. The molecule has 0 unspecified atom stereocenters. The van der Waals surface area contributed by atoms with Gasteiger partial charge >= 0.3 is 0 Å². The third kappa shape index (κ3) is 3.73. The molecule has 2 N–H and O–H groups in total. The number of nitrogens with zero attached hydrogens (tertiary/aromatic N) is 8. The van der Waals surface area contributed by atoms with Crippen LogP contribution in [0.1, 0.15) is 26.2 Å². The van der Waals surface area contributed by atoms with E-state index in [0.29, 0.717) is 16.8 Å². The summed E-state index contributed by atoms with van der Waals surface area (Å²) in [5.41, 5.74) is 7.51. The number of aromatic nitrogens is 8. The van der Waals surface area contributed by atoms with Crippen LogP contribution in [-0.2, 0) is 6.54 Å². The average Bonchev–Trinajstić information content (AvgIpc) is 3.41. The van der Waals surface area contributed by atoms with Crippen molar-refractivity contribution in [1.29, 1.82) is 0 Å². The van der Waals surface area contributed by atoms with Crippen LogP contribution >= 0.6 is 0 Å². The van der Waals surface area contributed by atoms with E-state index >= 15 is 0 Å². The minimum absolute atomic E-state index is 0.127. The lowest BCUT2D eigenvalue weighted by molar-refractivity contribution is 0.501. The minimum atomic E-state index is -1.07. The van der Waals surface area contributed by atoms with Gasteiger partial charge in [0.25, 0.3) is 0 Å². The summed E-state index contributed by atoms with van der Waals surface area (Å²) in [5.74, 6) is -1.80. The molecule has 3 aromatic heterocycles. The highest BCUT2D eigenvalue weighted by Crippen LogP contribution is 2.29. The zero-order chi connectivity index (χ0) is 21.1. The van der Waals surface area contributed by atoms with Crippen LogP contribution in [0.4, 0.5) is 14.6 Å². The fraction of sp³-hybridized carbons (Fsp3) is 0.263. The van der Waals surface area contributed by atoms with Crippen molar-refractivity contribution in [3.8, 4) is 28.3 Å². The van der Waals surface area contributed by atoms with Crippen molar-refractivity contribution >= 4 is 5.82 Å². The second-order valence-electron chi connectivity index (χ2n) is 6.72. The molecule has 0 saturated carbocycles. The highest BCUT2D eigenvalue weighted by molar-refractivity contribution is 5.75. The first-order chi connectivity index (χ1) is 14.6. The Balaban J connectivity index is 1.71. The molecule has 0 fully saturated rings. The standard InChI is InChI=1S/C19H19F2N9/c1-2-3-4-8-29-11-15(24-27-29)12-9-13(18(22)23-10-12)19-25-26-28-30(19)16-7-5-6-14(20)17(16)21/h5-7,9-11H,2-4,8H2,1H3,(H2,22,23). The molecule has 4 aromatic rings. The van der Waals surface area contributed by atoms with Crippen molar-refractivity contribution in [3.63, 3.8) is 0 Å². The molecule has 0 aliphatic carbocycles. The van der Waals surface area contributed by atoms with Crippen molar-refractivity contribution in [2.24, 2.45) is 0 Å². The molecule has 0 aliphatic heterocycles. The number of nitrogens with two attached hydrogens (primary N) is 1. The number of hydrogen-bond acceptors (Lipinski definition) is 7. The van der Waals surface area contributed by atoms with Gasteiger partial charge in [0.05, 0.1) is 11.8 Å². The molecule has 0 radical (unpaired) electrons. The maximum absolute atomic E-state index is 14.3. The summed E-state index contributed by atoms with van der Waals surface area (Å²) in [6, 6.07) is 5.45. The van der Waals surface area contributed by atoms with Gasteiger partial charge in [-0.2, -0.15) is 4.68 Å². The Hall–Kier alpha value is -3.76. The van der Waals surface area contributed by atoms with Gasteiger partial charge in [-0.05, 0) is 35.0 Å². The van der Waals surface area contributed by atoms with E-state index in [1.807, 2.05) is 6.20 Å². The summed E-state index contributed by atoms with van der Waals surface area (Å²) < 4.78 is 30.8. The van der Waals surface area contributed by atoms with Crippen molar-refractivity contribution < 1.29 is 8.78 Å². The molecule has 30 heavy (non-hydrogen) atoms. The number of halogens is 2. The smallest absolute Gasteiger partial charge is 0.190 e. The fourth-order valence-electron chi connectivity index (χ4n) is 3.03. The summed E-state index contributed by atoms with van der Waals surface area (Å²) in [6.07, 6.45) is 6.63. The first-order valence-electron chi connectivity index (χ1n) is 9.47. The molecule has 0 saturated heterocycles. The van der Waals surface area contributed by atoms with Crippen molar-refractivity contribution in [2.45, 2.75) is 32.7 Å². The van der Waals surface area contributed by atoms with Crippen LogP contribution in [0.5, 0.6) is 0 Å². The maximum Gasteiger partial charge on any atom is 0.190 e. The number of benzene rings is 1. The van der Waals surface area contributed by atoms with E-state index in [1.165, 1.54) is 12.1 Å². The van der Waals surface area contributed by atoms with Crippen molar-refractivity contribution in [2.75, 3.05) is 5.73 Å². The SMILES string of the molecule is CCCCCn1cc(-c2cnc(N)c(-c3nnnn3-c3cccc(F)c3F)c2)nn1. The van der Waals surface area contributed by atoms with Crippen molar-refractivity contribution in [1.82, 2.24) is 40.2 Å². The molecule has 1 aromatic carbocycles. The lowest BCUT2D eigenvalue weighted by Gasteiger charge is -2.08. The summed E-state index contributed by atoms with van der Waals surface area (Å²) in [7, 11) is 0. The number of aryl methyl sites for hydroxylation is 1. The van der Waals surface area contributed by atoms with Crippen LogP contribution in [0.3, 0.4) is 0 Å². The molecule has 9 nitrogen and oxygen atoms in total. The zero-order valence-corrected chi connectivity index (χ0v) is 16.2. The van der Waals surface area contributed by atoms with Gasteiger partial charge in [0.15, 0.2) is 17.5 Å². The van der Waals surface area contributed by atoms with Gasteiger partial charge in [0.1, 0.15) is 17.2 Å². The monoisotopic (exact) mass is 411 g/mol. The predicted octanol–water partition coefficient (Wildman–Crippen LogP) is 3.03. The van der Waals surface area contributed by atoms with Gasteiger partial charge in [-0.15, -0.1) is 10.2 Å². The third-order valence-electron chi connectivity index (χ3n) is 4.61. The number of nitrogen functional groups attached to an aromatic ring is 1. The molecular weight excluding hydrogens is 392 g/mol. The van der Waals surface area contributed by atoms with E-state index in [4.69, 9.17) is 5.73 Å². The van der Waals surface area contributed by atoms with Gasteiger partial charge < -0.3 is 5.73 Å². The number of pyridine rings is 1. The van der Waals surface area contributed by atoms with E-state index in [1.54, 1.807) is 16.9 Å². The third-order valence-corrected chi connectivity index (χ3v) is 4.61. The average molecular weight is 411 g/mol.